The molecule has 128 valence electrons. The monoisotopic (exact) mass is 330 g/mol. The summed E-state index contributed by atoms with van der Waals surface area (Å²) in [6.45, 7) is 6.72. The van der Waals surface area contributed by atoms with Crippen molar-refractivity contribution < 1.29 is 0 Å². The Balaban J connectivity index is 1.86. The fraction of sp³-hybridized carbons (Fsp3) is 0.217. The number of benzene rings is 3. The zero-order valence-electron chi connectivity index (χ0n) is 15.2. The summed E-state index contributed by atoms with van der Waals surface area (Å²) in [6.07, 6.45) is 0. The van der Waals surface area contributed by atoms with E-state index < -0.39 is 0 Å². The number of anilines is 2. The van der Waals surface area contributed by atoms with E-state index in [1.807, 2.05) is 24.3 Å². The molecular formula is C23H26N2. The molecule has 0 aliphatic carbocycles. The molecule has 0 aliphatic heterocycles. The third-order valence-corrected chi connectivity index (χ3v) is 5.20. The molecular weight excluding hydrogens is 304 g/mol. The van der Waals surface area contributed by atoms with E-state index >= 15 is 0 Å². The maximum absolute atomic E-state index is 5.82. The van der Waals surface area contributed by atoms with Crippen LogP contribution in [0.1, 0.15) is 48.9 Å². The van der Waals surface area contributed by atoms with Crippen molar-refractivity contribution in [1.29, 1.82) is 0 Å². The molecule has 25 heavy (non-hydrogen) atoms. The maximum Gasteiger partial charge on any atom is 0.0314 e. The molecule has 1 atom stereocenters. The van der Waals surface area contributed by atoms with Crippen LogP contribution in [0.3, 0.4) is 0 Å². The molecule has 0 saturated carbocycles. The molecule has 0 spiro atoms. The summed E-state index contributed by atoms with van der Waals surface area (Å²) >= 11 is 0. The number of hydrogen-bond acceptors (Lipinski definition) is 2. The summed E-state index contributed by atoms with van der Waals surface area (Å²) in [6, 6.07) is 25.2. The molecule has 0 aliphatic rings. The predicted molar refractivity (Wildman–Crippen MR) is 108 cm³/mol. The van der Waals surface area contributed by atoms with E-state index in [-0.39, 0.29) is 5.41 Å². The van der Waals surface area contributed by atoms with E-state index in [1.54, 1.807) is 0 Å². The zero-order chi connectivity index (χ0) is 18.0. The topological polar surface area (TPSA) is 52.0 Å². The Labute approximate surface area is 150 Å². The van der Waals surface area contributed by atoms with Gasteiger partial charge in [-0.05, 0) is 46.5 Å². The Hall–Kier alpha value is -2.74. The van der Waals surface area contributed by atoms with Gasteiger partial charge in [-0.1, -0.05) is 69.3 Å². The fourth-order valence-electron chi connectivity index (χ4n) is 3.23. The number of nitrogens with two attached hydrogens (primary N) is 2. The maximum atomic E-state index is 5.82. The predicted octanol–water partition coefficient (Wildman–Crippen LogP) is 5.33. The van der Waals surface area contributed by atoms with Gasteiger partial charge in [0.2, 0.25) is 0 Å². The van der Waals surface area contributed by atoms with Gasteiger partial charge in [0.05, 0.1) is 0 Å². The average molecular weight is 330 g/mol. The van der Waals surface area contributed by atoms with E-state index in [0.717, 1.165) is 11.4 Å². The third-order valence-electron chi connectivity index (χ3n) is 5.20. The second-order valence-corrected chi connectivity index (χ2v) is 7.26. The highest BCUT2D eigenvalue weighted by atomic mass is 14.5. The van der Waals surface area contributed by atoms with Crippen molar-refractivity contribution in [2.75, 3.05) is 11.5 Å². The summed E-state index contributed by atoms with van der Waals surface area (Å²) < 4.78 is 0. The van der Waals surface area contributed by atoms with Crippen molar-refractivity contribution in [3.05, 3.63) is 95.1 Å². The molecule has 0 heterocycles. The molecule has 0 radical (unpaired) electrons. The van der Waals surface area contributed by atoms with Crippen molar-refractivity contribution >= 4 is 11.4 Å². The van der Waals surface area contributed by atoms with Gasteiger partial charge in [0.1, 0.15) is 0 Å². The lowest BCUT2D eigenvalue weighted by molar-refractivity contribution is 0.640. The summed E-state index contributed by atoms with van der Waals surface area (Å²) in [7, 11) is 0. The SMILES string of the molecule is CC(c1ccc(N)cc1)c1ccc(C(C)(C)c2ccc(N)cc2)cc1. The quantitative estimate of drug-likeness (QED) is 0.635. The minimum atomic E-state index is -0.0589. The molecule has 2 heteroatoms. The van der Waals surface area contributed by atoms with Gasteiger partial charge in [0.15, 0.2) is 0 Å². The van der Waals surface area contributed by atoms with Crippen molar-refractivity contribution in [3.63, 3.8) is 0 Å². The molecule has 0 fully saturated rings. The lowest BCUT2D eigenvalue weighted by atomic mass is 9.77. The van der Waals surface area contributed by atoms with Gasteiger partial charge in [-0.3, -0.25) is 0 Å². The molecule has 0 amide bonds. The van der Waals surface area contributed by atoms with Crippen molar-refractivity contribution in [2.24, 2.45) is 0 Å². The van der Waals surface area contributed by atoms with E-state index in [4.69, 9.17) is 11.5 Å². The van der Waals surface area contributed by atoms with Gasteiger partial charge in [-0.15, -0.1) is 0 Å². The van der Waals surface area contributed by atoms with Crippen molar-refractivity contribution in [2.45, 2.75) is 32.1 Å². The first-order chi connectivity index (χ1) is 11.9. The van der Waals surface area contributed by atoms with Crippen LogP contribution in [0.5, 0.6) is 0 Å². The molecule has 0 bridgehead atoms. The third kappa shape index (κ3) is 3.53. The minimum Gasteiger partial charge on any atom is -0.399 e. The summed E-state index contributed by atoms with van der Waals surface area (Å²) in [5.74, 6) is 0.342. The van der Waals surface area contributed by atoms with Crippen LogP contribution in [-0.2, 0) is 5.41 Å². The molecule has 1 unspecified atom stereocenters. The second-order valence-electron chi connectivity index (χ2n) is 7.26. The largest absolute Gasteiger partial charge is 0.399 e. The molecule has 3 rings (SSSR count). The first-order valence-electron chi connectivity index (χ1n) is 8.70. The molecule has 0 aromatic heterocycles. The van der Waals surface area contributed by atoms with E-state index in [1.165, 1.54) is 22.3 Å². The first-order valence-corrected chi connectivity index (χ1v) is 8.70. The highest BCUT2D eigenvalue weighted by Gasteiger charge is 2.23. The lowest BCUT2D eigenvalue weighted by Gasteiger charge is -2.27. The van der Waals surface area contributed by atoms with Crippen LogP contribution >= 0.6 is 0 Å². The highest BCUT2D eigenvalue weighted by molar-refractivity contribution is 5.46. The number of rotatable bonds is 4. The Morgan fingerprint density at radius 3 is 1.36 bits per heavy atom. The molecule has 3 aromatic rings. The van der Waals surface area contributed by atoms with Gasteiger partial charge < -0.3 is 11.5 Å². The van der Waals surface area contributed by atoms with Gasteiger partial charge >= 0.3 is 0 Å². The van der Waals surface area contributed by atoms with E-state index in [2.05, 4.69) is 69.3 Å². The van der Waals surface area contributed by atoms with Crippen LogP contribution in [-0.4, -0.2) is 0 Å². The smallest absolute Gasteiger partial charge is 0.0314 e. The summed E-state index contributed by atoms with van der Waals surface area (Å²) in [4.78, 5) is 0. The average Bonchev–Trinajstić information content (AvgIpc) is 2.62. The zero-order valence-corrected chi connectivity index (χ0v) is 15.2. The van der Waals surface area contributed by atoms with Gasteiger partial charge in [0, 0.05) is 22.7 Å². The summed E-state index contributed by atoms with van der Waals surface area (Å²) in [5.41, 5.74) is 18.3. The molecule has 4 N–H and O–H groups in total. The normalized spacial score (nSPS) is 12.8. The van der Waals surface area contributed by atoms with Crippen LogP contribution in [0.15, 0.2) is 72.8 Å². The fourth-order valence-corrected chi connectivity index (χ4v) is 3.23. The van der Waals surface area contributed by atoms with Crippen LogP contribution in [0.4, 0.5) is 11.4 Å². The van der Waals surface area contributed by atoms with Crippen molar-refractivity contribution in [1.82, 2.24) is 0 Å². The van der Waals surface area contributed by atoms with E-state index in [9.17, 15) is 0 Å². The Morgan fingerprint density at radius 1 is 0.600 bits per heavy atom. The Morgan fingerprint density at radius 2 is 0.920 bits per heavy atom. The van der Waals surface area contributed by atoms with Crippen molar-refractivity contribution in [3.8, 4) is 0 Å². The van der Waals surface area contributed by atoms with Gasteiger partial charge in [-0.25, -0.2) is 0 Å². The molecule has 2 nitrogen and oxygen atoms in total. The Bertz CT molecular complexity index is 829. The Kier molecular flexibility index (Phi) is 4.54. The number of hydrogen-bond donors (Lipinski definition) is 2. The summed E-state index contributed by atoms with van der Waals surface area (Å²) in [5, 5.41) is 0. The van der Waals surface area contributed by atoms with Crippen LogP contribution in [0.2, 0.25) is 0 Å². The van der Waals surface area contributed by atoms with Gasteiger partial charge in [0.25, 0.3) is 0 Å². The van der Waals surface area contributed by atoms with E-state index in [0.29, 0.717) is 5.92 Å². The van der Waals surface area contributed by atoms with Crippen LogP contribution in [0.25, 0.3) is 0 Å². The second kappa shape index (κ2) is 6.64. The highest BCUT2D eigenvalue weighted by Crippen LogP contribution is 2.33. The van der Waals surface area contributed by atoms with Crippen LogP contribution in [0, 0.1) is 0 Å². The minimum absolute atomic E-state index is 0.0589. The molecule has 0 saturated heterocycles. The standard InChI is InChI=1S/C23H26N2/c1-16(18-6-12-21(24)13-7-18)17-4-8-19(9-5-17)23(2,3)20-10-14-22(25)15-11-20/h4-16H,24-25H2,1-3H3. The number of nitrogen functional groups attached to an aromatic ring is 2. The lowest BCUT2D eigenvalue weighted by Crippen LogP contribution is -2.18. The first kappa shape index (κ1) is 17.1. The van der Waals surface area contributed by atoms with Gasteiger partial charge in [-0.2, -0.15) is 0 Å². The molecule has 3 aromatic carbocycles. The van der Waals surface area contributed by atoms with Crippen LogP contribution < -0.4 is 11.5 Å².